The fourth-order valence-electron chi connectivity index (χ4n) is 1.75. The van der Waals surface area contributed by atoms with Crippen molar-refractivity contribution >= 4 is 34.8 Å². The van der Waals surface area contributed by atoms with E-state index in [4.69, 9.17) is 12.2 Å². The minimum Gasteiger partial charge on any atom is -0.392 e. The van der Waals surface area contributed by atoms with Crippen LogP contribution in [0, 0.1) is 10.7 Å². The number of carbonyl (C=O) groups excluding carboxylic acids is 1. The van der Waals surface area contributed by atoms with Gasteiger partial charge in [0.25, 0.3) is 0 Å². The Balaban J connectivity index is 2.08. The standard InChI is InChI=1S/C13H17N3O2S/c1-7(2)11(17)6-12(18)14-8-3-4-9-10(5-8)16-13(19)15-9/h3-5,7,11,17H,6H2,1-2H3,(H,14,18)(H2,15,16,19)/t11-/m0/s1. The van der Waals surface area contributed by atoms with Crippen molar-refractivity contribution in [2.24, 2.45) is 5.92 Å². The van der Waals surface area contributed by atoms with Crippen molar-refractivity contribution in [2.45, 2.75) is 26.4 Å². The molecule has 1 atom stereocenters. The van der Waals surface area contributed by atoms with Crippen LogP contribution in [0.3, 0.4) is 0 Å². The van der Waals surface area contributed by atoms with E-state index in [9.17, 15) is 9.90 Å². The minimum atomic E-state index is -0.623. The van der Waals surface area contributed by atoms with Gasteiger partial charge in [-0.15, -0.1) is 0 Å². The number of anilines is 1. The average Bonchev–Trinajstić information content (AvgIpc) is 2.68. The predicted octanol–water partition coefficient (Wildman–Crippen LogP) is 2.57. The van der Waals surface area contributed by atoms with Gasteiger partial charge in [-0.2, -0.15) is 0 Å². The highest BCUT2D eigenvalue weighted by atomic mass is 32.1. The van der Waals surface area contributed by atoms with Gasteiger partial charge >= 0.3 is 0 Å². The van der Waals surface area contributed by atoms with Gasteiger partial charge in [0.1, 0.15) is 0 Å². The quantitative estimate of drug-likeness (QED) is 0.649. The Bertz CT molecular complexity index is 645. The van der Waals surface area contributed by atoms with Gasteiger partial charge in [-0.3, -0.25) is 4.79 Å². The molecule has 0 unspecified atom stereocenters. The molecular formula is C13H17N3O2S. The van der Waals surface area contributed by atoms with Crippen molar-refractivity contribution in [3.63, 3.8) is 0 Å². The van der Waals surface area contributed by atoms with E-state index in [-0.39, 0.29) is 18.2 Å². The summed E-state index contributed by atoms with van der Waals surface area (Å²) in [6.45, 7) is 3.76. The summed E-state index contributed by atoms with van der Waals surface area (Å²) in [4.78, 5) is 17.7. The number of aromatic amines is 2. The molecule has 1 amide bonds. The van der Waals surface area contributed by atoms with E-state index in [0.29, 0.717) is 10.5 Å². The van der Waals surface area contributed by atoms with E-state index in [1.54, 1.807) is 12.1 Å². The van der Waals surface area contributed by atoms with Crippen molar-refractivity contribution in [3.8, 4) is 0 Å². The van der Waals surface area contributed by atoms with Gasteiger partial charge < -0.3 is 20.4 Å². The highest BCUT2D eigenvalue weighted by Gasteiger charge is 2.14. The number of hydrogen-bond donors (Lipinski definition) is 4. The first-order valence-corrected chi connectivity index (χ1v) is 6.56. The van der Waals surface area contributed by atoms with Crippen LogP contribution in [-0.4, -0.2) is 27.1 Å². The van der Waals surface area contributed by atoms with E-state index in [2.05, 4.69) is 15.3 Å². The first kappa shape index (κ1) is 13.8. The number of imidazole rings is 1. The van der Waals surface area contributed by atoms with Gasteiger partial charge in [-0.05, 0) is 36.3 Å². The molecule has 0 spiro atoms. The summed E-state index contributed by atoms with van der Waals surface area (Å²) in [5, 5.41) is 12.4. The number of aliphatic hydroxyl groups is 1. The third-order valence-corrected chi connectivity index (χ3v) is 3.17. The zero-order valence-electron chi connectivity index (χ0n) is 10.9. The van der Waals surface area contributed by atoms with E-state index < -0.39 is 6.10 Å². The molecule has 0 radical (unpaired) electrons. The summed E-state index contributed by atoms with van der Waals surface area (Å²) < 4.78 is 0.550. The van der Waals surface area contributed by atoms with Crippen LogP contribution in [0.15, 0.2) is 18.2 Å². The van der Waals surface area contributed by atoms with Crippen molar-refractivity contribution in [1.82, 2.24) is 9.97 Å². The molecule has 0 saturated carbocycles. The number of hydrogen-bond acceptors (Lipinski definition) is 3. The monoisotopic (exact) mass is 279 g/mol. The van der Waals surface area contributed by atoms with Gasteiger partial charge in [-0.25, -0.2) is 0 Å². The maximum absolute atomic E-state index is 11.8. The van der Waals surface area contributed by atoms with Crippen molar-refractivity contribution < 1.29 is 9.90 Å². The molecule has 6 heteroatoms. The smallest absolute Gasteiger partial charge is 0.226 e. The molecular weight excluding hydrogens is 262 g/mol. The average molecular weight is 279 g/mol. The molecule has 0 bridgehead atoms. The second kappa shape index (κ2) is 5.54. The van der Waals surface area contributed by atoms with Crippen LogP contribution >= 0.6 is 12.2 Å². The number of rotatable bonds is 4. The van der Waals surface area contributed by atoms with Gasteiger partial charge in [0, 0.05) is 5.69 Å². The van der Waals surface area contributed by atoms with Crippen LogP contribution < -0.4 is 5.32 Å². The third kappa shape index (κ3) is 3.42. The number of fused-ring (bicyclic) bond motifs is 1. The number of H-pyrrole nitrogens is 2. The molecule has 1 aromatic carbocycles. The molecule has 0 saturated heterocycles. The Morgan fingerprint density at radius 1 is 1.37 bits per heavy atom. The number of benzene rings is 1. The third-order valence-electron chi connectivity index (χ3n) is 2.96. The lowest BCUT2D eigenvalue weighted by atomic mass is 10.0. The van der Waals surface area contributed by atoms with Gasteiger partial charge in [0.15, 0.2) is 4.77 Å². The maximum atomic E-state index is 11.8. The molecule has 0 aliphatic carbocycles. The number of carbonyl (C=O) groups is 1. The normalized spacial score (nSPS) is 12.8. The van der Waals surface area contributed by atoms with Crippen LogP contribution in [0.2, 0.25) is 0 Å². The van der Waals surface area contributed by atoms with E-state index in [1.807, 2.05) is 19.9 Å². The van der Waals surface area contributed by atoms with Gasteiger partial charge in [0.2, 0.25) is 5.91 Å². The van der Waals surface area contributed by atoms with Gasteiger partial charge in [-0.1, -0.05) is 13.8 Å². The fraction of sp³-hybridized carbons (Fsp3) is 0.385. The molecule has 102 valence electrons. The molecule has 0 aliphatic heterocycles. The SMILES string of the molecule is CC(C)[C@@H](O)CC(=O)Nc1ccc2[nH]c(=S)[nH]c2c1. The first-order chi connectivity index (χ1) is 8.95. The first-order valence-electron chi connectivity index (χ1n) is 6.15. The van der Waals surface area contributed by atoms with Crippen LogP contribution in [0.4, 0.5) is 5.69 Å². The highest BCUT2D eigenvalue weighted by Crippen LogP contribution is 2.17. The Kier molecular flexibility index (Phi) is 4.01. The fourth-order valence-corrected chi connectivity index (χ4v) is 1.97. The summed E-state index contributed by atoms with van der Waals surface area (Å²) in [5.74, 6) is -0.135. The maximum Gasteiger partial charge on any atom is 0.226 e. The predicted molar refractivity (Wildman–Crippen MR) is 77.6 cm³/mol. The lowest BCUT2D eigenvalue weighted by Gasteiger charge is -2.13. The van der Waals surface area contributed by atoms with Crippen LogP contribution in [-0.2, 0) is 4.79 Å². The van der Waals surface area contributed by atoms with Crippen LogP contribution in [0.25, 0.3) is 11.0 Å². The molecule has 19 heavy (non-hydrogen) atoms. The largest absolute Gasteiger partial charge is 0.392 e. The molecule has 1 aromatic heterocycles. The highest BCUT2D eigenvalue weighted by molar-refractivity contribution is 7.71. The van der Waals surface area contributed by atoms with Crippen LogP contribution in [0.5, 0.6) is 0 Å². The van der Waals surface area contributed by atoms with E-state index >= 15 is 0 Å². The van der Waals surface area contributed by atoms with Crippen molar-refractivity contribution in [3.05, 3.63) is 23.0 Å². The summed E-state index contributed by atoms with van der Waals surface area (Å²) >= 11 is 5.00. The number of aliphatic hydroxyl groups excluding tert-OH is 1. The lowest BCUT2D eigenvalue weighted by molar-refractivity contribution is -0.118. The molecule has 5 nitrogen and oxygen atoms in total. The summed E-state index contributed by atoms with van der Waals surface area (Å²) in [6.07, 6.45) is -0.527. The summed E-state index contributed by atoms with van der Waals surface area (Å²) in [7, 11) is 0. The molecule has 2 aromatic rings. The number of aromatic nitrogens is 2. The van der Waals surface area contributed by atoms with Gasteiger partial charge in [0.05, 0.1) is 23.6 Å². The lowest BCUT2D eigenvalue weighted by Crippen LogP contribution is -2.23. The Morgan fingerprint density at radius 3 is 2.74 bits per heavy atom. The molecule has 4 N–H and O–H groups in total. The van der Waals surface area contributed by atoms with Crippen LogP contribution in [0.1, 0.15) is 20.3 Å². The van der Waals surface area contributed by atoms with E-state index in [0.717, 1.165) is 11.0 Å². The van der Waals surface area contributed by atoms with Crippen molar-refractivity contribution in [1.29, 1.82) is 0 Å². The molecule has 2 rings (SSSR count). The number of nitrogens with one attached hydrogen (secondary N) is 3. The zero-order chi connectivity index (χ0) is 14.0. The Morgan fingerprint density at radius 2 is 2.05 bits per heavy atom. The Labute approximate surface area is 116 Å². The zero-order valence-corrected chi connectivity index (χ0v) is 11.7. The summed E-state index contributed by atoms with van der Waals surface area (Å²) in [6, 6.07) is 5.44. The summed E-state index contributed by atoms with van der Waals surface area (Å²) in [5.41, 5.74) is 2.41. The number of amides is 1. The minimum absolute atomic E-state index is 0.0639. The second-order valence-corrected chi connectivity index (χ2v) is 5.31. The Hall–Kier alpha value is -1.66. The second-order valence-electron chi connectivity index (χ2n) is 4.90. The topological polar surface area (TPSA) is 80.9 Å². The molecule has 1 heterocycles. The molecule has 0 aliphatic rings. The van der Waals surface area contributed by atoms with Crippen molar-refractivity contribution in [2.75, 3.05) is 5.32 Å². The van der Waals surface area contributed by atoms with E-state index in [1.165, 1.54) is 0 Å². The molecule has 0 fully saturated rings.